The zero-order valence-corrected chi connectivity index (χ0v) is 15.6. The molecule has 0 unspecified atom stereocenters. The normalized spacial score (nSPS) is 10.8. The maximum Gasteiger partial charge on any atom is 0.438 e. The van der Waals surface area contributed by atoms with E-state index < -0.39 is 11.7 Å². The lowest BCUT2D eigenvalue weighted by Crippen LogP contribution is -2.22. The highest BCUT2D eigenvalue weighted by Crippen LogP contribution is 2.17. The Morgan fingerprint density at radius 1 is 1.00 bits per heavy atom. The molecule has 0 fully saturated rings. The van der Waals surface area contributed by atoms with Crippen molar-refractivity contribution >= 4 is 5.97 Å². The molecule has 146 valence electrons. The van der Waals surface area contributed by atoms with Crippen LogP contribution in [-0.4, -0.2) is 30.7 Å². The molecule has 9 nitrogen and oxygen atoms in total. The molecule has 0 saturated heterocycles. The van der Waals surface area contributed by atoms with Gasteiger partial charge in [-0.15, -0.1) is 10.2 Å². The Morgan fingerprint density at radius 3 is 2.41 bits per heavy atom. The van der Waals surface area contributed by atoms with Crippen LogP contribution in [0.4, 0.5) is 0 Å². The average molecular weight is 391 g/mol. The van der Waals surface area contributed by atoms with Crippen molar-refractivity contribution in [3.63, 3.8) is 0 Å². The predicted octanol–water partition coefficient (Wildman–Crippen LogP) is 2.14. The van der Waals surface area contributed by atoms with Crippen LogP contribution >= 0.6 is 0 Å². The number of carbonyl (C=O) groups excluding carboxylic acids is 1. The van der Waals surface area contributed by atoms with E-state index in [4.69, 9.17) is 9.15 Å². The highest BCUT2D eigenvalue weighted by Gasteiger charge is 2.19. The van der Waals surface area contributed by atoms with Crippen LogP contribution in [0.3, 0.4) is 0 Å². The van der Waals surface area contributed by atoms with E-state index in [1.807, 2.05) is 60.7 Å². The second-order valence-corrected chi connectivity index (χ2v) is 6.24. The second kappa shape index (κ2) is 7.93. The summed E-state index contributed by atoms with van der Waals surface area (Å²) in [6, 6.07) is 18.6. The summed E-state index contributed by atoms with van der Waals surface area (Å²) in [6.07, 6.45) is 0. The molecule has 9 heteroatoms. The van der Waals surface area contributed by atoms with Crippen LogP contribution in [0.25, 0.3) is 17.3 Å². The fourth-order valence-corrected chi connectivity index (χ4v) is 2.66. The minimum Gasteiger partial charge on any atom is -0.459 e. The molecule has 2 heterocycles. The lowest BCUT2D eigenvalue weighted by Gasteiger charge is -2.03. The van der Waals surface area contributed by atoms with Gasteiger partial charge in [0.15, 0.2) is 5.69 Å². The van der Waals surface area contributed by atoms with Crippen molar-refractivity contribution in [1.82, 2.24) is 24.8 Å². The van der Waals surface area contributed by atoms with Crippen LogP contribution in [-0.2, 0) is 22.7 Å². The van der Waals surface area contributed by atoms with E-state index in [0.717, 1.165) is 15.9 Å². The monoisotopic (exact) mass is 391 g/mol. The number of aryl methyl sites for hydroxylation is 1. The van der Waals surface area contributed by atoms with Gasteiger partial charge in [-0.1, -0.05) is 48.5 Å². The molecule has 0 aliphatic heterocycles. The molecule has 0 atom stereocenters. The number of aromatic nitrogens is 5. The van der Waals surface area contributed by atoms with Gasteiger partial charge in [-0.2, -0.15) is 14.6 Å². The number of hydrogen-bond acceptors (Lipinski definition) is 7. The van der Waals surface area contributed by atoms with Crippen LogP contribution in [0.5, 0.6) is 0 Å². The van der Waals surface area contributed by atoms with Gasteiger partial charge in [0.2, 0.25) is 0 Å². The zero-order chi connectivity index (χ0) is 20.2. The summed E-state index contributed by atoms with van der Waals surface area (Å²) in [6.45, 7) is 1.49. The Hall–Kier alpha value is -4.01. The standard InChI is InChI=1S/C20H17N5O4/c1-14-18(22-25(21-14)16-10-6-3-7-11-16)19-23-24(20(27)29-19)12-17(26)28-13-15-8-4-2-5-9-15/h2-11H,12-13H2,1H3. The highest BCUT2D eigenvalue weighted by molar-refractivity contribution is 5.69. The maximum absolute atomic E-state index is 12.1. The van der Waals surface area contributed by atoms with Gasteiger partial charge < -0.3 is 9.15 Å². The molecule has 2 aromatic heterocycles. The highest BCUT2D eigenvalue weighted by atomic mass is 16.5. The number of carbonyl (C=O) groups is 1. The Labute approximate surface area is 165 Å². The SMILES string of the molecule is Cc1nn(-c2ccccc2)nc1-c1nn(CC(=O)OCc2ccccc2)c(=O)o1. The second-order valence-electron chi connectivity index (χ2n) is 6.24. The third-order valence-electron chi connectivity index (χ3n) is 4.10. The quantitative estimate of drug-likeness (QED) is 0.464. The Bertz CT molecular complexity index is 1180. The molecular weight excluding hydrogens is 374 g/mol. The topological polar surface area (TPSA) is 105 Å². The van der Waals surface area contributed by atoms with Gasteiger partial charge >= 0.3 is 11.7 Å². The molecule has 4 rings (SSSR count). The Morgan fingerprint density at radius 2 is 1.69 bits per heavy atom. The molecule has 0 aliphatic carbocycles. The van der Waals surface area contributed by atoms with Gasteiger partial charge in [0.25, 0.3) is 5.89 Å². The minimum absolute atomic E-state index is 0.00876. The van der Waals surface area contributed by atoms with Crippen molar-refractivity contribution < 1.29 is 13.9 Å². The molecule has 29 heavy (non-hydrogen) atoms. The van der Waals surface area contributed by atoms with Crippen LogP contribution in [0, 0.1) is 6.92 Å². The van der Waals surface area contributed by atoms with Gasteiger partial charge in [0.1, 0.15) is 13.2 Å². The summed E-state index contributed by atoms with van der Waals surface area (Å²) in [4.78, 5) is 25.6. The smallest absolute Gasteiger partial charge is 0.438 e. The number of nitrogens with zero attached hydrogens (tertiary/aromatic N) is 5. The fourth-order valence-electron chi connectivity index (χ4n) is 2.66. The summed E-state index contributed by atoms with van der Waals surface area (Å²) in [5.74, 6) is -1.38. The molecule has 0 N–H and O–H groups in total. The average Bonchev–Trinajstić information content (AvgIpc) is 3.30. The predicted molar refractivity (Wildman–Crippen MR) is 102 cm³/mol. The number of hydrogen-bond donors (Lipinski definition) is 0. The van der Waals surface area contributed by atoms with E-state index in [0.29, 0.717) is 11.4 Å². The first kappa shape index (κ1) is 18.4. The lowest BCUT2D eigenvalue weighted by atomic mass is 10.2. The van der Waals surface area contributed by atoms with Crippen LogP contribution in [0.1, 0.15) is 11.3 Å². The van der Waals surface area contributed by atoms with Crippen molar-refractivity contribution in [2.75, 3.05) is 0 Å². The minimum atomic E-state index is -0.773. The molecule has 0 bridgehead atoms. The first-order valence-corrected chi connectivity index (χ1v) is 8.87. The lowest BCUT2D eigenvalue weighted by molar-refractivity contribution is -0.146. The van der Waals surface area contributed by atoms with Gasteiger partial charge in [-0.05, 0) is 24.6 Å². The third kappa shape index (κ3) is 4.13. The maximum atomic E-state index is 12.1. The van der Waals surface area contributed by atoms with E-state index >= 15 is 0 Å². The van der Waals surface area contributed by atoms with Crippen LogP contribution < -0.4 is 5.76 Å². The molecular formula is C20H17N5O4. The molecule has 0 radical (unpaired) electrons. The van der Waals surface area contributed by atoms with Crippen molar-refractivity contribution in [3.8, 4) is 17.3 Å². The van der Waals surface area contributed by atoms with E-state index in [2.05, 4.69) is 15.3 Å². The number of benzene rings is 2. The van der Waals surface area contributed by atoms with Crippen molar-refractivity contribution in [2.24, 2.45) is 0 Å². The summed E-state index contributed by atoms with van der Waals surface area (Å²) < 4.78 is 11.2. The number of rotatable bonds is 6. The zero-order valence-electron chi connectivity index (χ0n) is 15.6. The Kier molecular flexibility index (Phi) is 5.02. The van der Waals surface area contributed by atoms with Gasteiger partial charge in [0, 0.05) is 0 Å². The fraction of sp³-hybridized carbons (Fsp3) is 0.150. The first-order valence-electron chi connectivity index (χ1n) is 8.87. The number of ether oxygens (including phenoxy) is 1. The largest absolute Gasteiger partial charge is 0.459 e. The van der Waals surface area contributed by atoms with E-state index in [1.165, 1.54) is 4.80 Å². The molecule has 0 amide bonds. The molecule has 4 aromatic rings. The first-order chi connectivity index (χ1) is 14.1. The van der Waals surface area contributed by atoms with Crippen LogP contribution in [0.2, 0.25) is 0 Å². The summed E-state index contributed by atoms with van der Waals surface area (Å²) in [5, 5.41) is 12.7. The van der Waals surface area contributed by atoms with Crippen molar-refractivity contribution in [1.29, 1.82) is 0 Å². The summed E-state index contributed by atoms with van der Waals surface area (Å²) in [7, 11) is 0. The van der Waals surface area contributed by atoms with Crippen molar-refractivity contribution in [2.45, 2.75) is 20.1 Å². The summed E-state index contributed by atoms with van der Waals surface area (Å²) in [5.41, 5.74) is 2.46. The van der Waals surface area contributed by atoms with E-state index in [9.17, 15) is 9.59 Å². The van der Waals surface area contributed by atoms with E-state index in [-0.39, 0.29) is 19.0 Å². The molecule has 2 aromatic carbocycles. The molecule has 0 saturated carbocycles. The van der Waals surface area contributed by atoms with Crippen LogP contribution in [0.15, 0.2) is 69.9 Å². The van der Waals surface area contributed by atoms with Crippen molar-refractivity contribution in [3.05, 3.63) is 82.5 Å². The van der Waals surface area contributed by atoms with Gasteiger partial charge in [-0.25, -0.2) is 4.79 Å². The van der Waals surface area contributed by atoms with Gasteiger partial charge in [-0.3, -0.25) is 4.79 Å². The number of esters is 1. The number of para-hydroxylation sites is 1. The molecule has 0 aliphatic rings. The summed E-state index contributed by atoms with van der Waals surface area (Å²) >= 11 is 0. The Balaban J connectivity index is 1.49. The third-order valence-corrected chi connectivity index (χ3v) is 4.10. The molecule has 0 spiro atoms. The van der Waals surface area contributed by atoms with Gasteiger partial charge in [0.05, 0.1) is 11.4 Å². The van der Waals surface area contributed by atoms with E-state index in [1.54, 1.807) is 6.92 Å².